The van der Waals surface area contributed by atoms with Crippen LogP contribution in [0, 0.1) is 11.2 Å². The fraction of sp³-hybridized carbons (Fsp3) is 0.294. The molecule has 2 heterocycles. The molecule has 2 aliphatic rings. The van der Waals surface area contributed by atoms with E-state index in [-0.39, 0.29) is 18.3 Å². The molecule has 47 heavy (non-hydrogen) atoms. The van der Waals surface area contributed by atoms with Gasteiger partial charge >= 0.3 is 0 Å². The number of carbonyl (C=O) groups excluding carboxylic acids is 3. The minimum Gasteiger partial charge on any atom is -0.496 e. The van der Waals surface area contributed by atoms with Crippen LogP contribution in [0.2, 0.25) is 0 Å². The average Bonchev–Trinajstić information content (AvgIpc) is 3.80. The molecule has 0 radical (unpaired) electrons. The molecular formula is C34H33FN4O8. The largest absolute Gasteiger partial charge is 0.496 e. The van der Waals surface area contributed by atoms with Gasteiger partial charge in [0.25, 0.3) is 5.91 Å². The zero-order chi connectivity index (χ0) is 33.2. The van der Waals surface area contributed by atoms with Crippen LogP contribution in [0.25, 0.3) is 10.9 Å². The molecule has 3 amide bonds. The number of halogens is 1. The molecule has 1 aliphatic heterocycles. The van der Waals surface area contributed by atoms with E-state index in [0.29, 0.717) is 59.0 Å². The summed E-state index contributed by atoms with van der Waals surface area (Å²) in [7, 11) is 1.45. The van der Waals surface area contributed by atoms with Crippen molar-refractivity contribution in [3.8, 4) is 17.2 Å². The van der Waals surface area contributed by atoms with E-state index < -0.39 is 34.7 Å². The zero-order valence-electron chi connectivity index (χ0n) is 25.9. The lowest BCUT2D eigenvalue weighted by Gasteiger charge is -2.17. The third-order valence-corrected chi connectivity index (χ3v) is 7.83. The minimum atomic E-state index is -1.19. The Balaban J connectivity index is 1.11. The van der Waals surface area contributed by atoms with Gasteiger partial charge in [0.2, 0.25) is 11.8 Å². The molecule has 0 bridgehead atoms. The van der Waals surface area contributed by atoms with Gasteiger partial charge in [0.15, 0.2) is 5.79 Å². The predicted octanol–water partition coefficient (Wildman–Crippen LogP) is 5.35. The van der Waals surface area contributed by atoms with Gasteiger partial charge in [0, 0.05) is 29.0 Å². The van der Waals surface area contributed by atoms with Gasteiger partial charge in [0.05, 0.1) is 24.8 Å². The second-order valence-corrected chi connectivity index (χ2v) is 11.7. The second kappa shape index (κ2) is 12.9. The van der Waals surface area contributed by atoms with E-state index in [9.17, 15) is 18.8 Å². The number of hydrogen-bond acceptors (Lipinski definition) is 9. The van der Waals surface area contributed by atoms with E-state index in [1.165, 1.54) is 31.4 Å². The van der Waals surface area contributed by atoms with E-state index in [1.54, 1.807) is 62.5 Å². The number of benzene rings is 3. The number of hydrogen-bond donors (Lipinski definition) is 3. The lowest BCUT2D eigenvalue weighted by molar-refractivity contribution is -0.147. The molecule has 6 rings (SSSR count). The third-order valence-electron chi connectivity index (χ3n) is 7.83. The molecule has 1 saturated heterocycles. The number of amides is 3. The highest BCUT2D eigenvalue weighted by Crippen LogP contribution is 2.47. The van der Waals surface area contributed by atoms with E-state index in [1.807, 2.05) is 0 Å². The number of nitrogens with zero attached hydrogens (tertiary/aromatic N) is 1. The first-order valence-corrected chi connectivity index (χ1v) is 14.9. The summed E-state index contributed by atoms with van der Waals surface area (Å²) in [6.45, 7) is 4.05. The van der Waals surface area contributed by atoms with Gasteiger partial charge in [0.1, 0.15) is 41.2 Å². The molecule has 2 fully saturated rings. The maximum atomic E-state index is 13.2. The number of pyridine rings is 1. The van der Waals surface area contributed by atoms with E-state index in [0.717, 1.165) is 0 Å². The smallest absolute Gasteiger partial charge is 0.278 e. The molecule has 1 atom stereocenters. The second-order valence-electron chi connectivity index (χ2n) is 11.7. The number of rotatable bonds is 11. The normalized spacial score (nSPS) is 17.5. The van der Waals surface area contributed by atoms with Gasteiger partial charge in [-0.3, -0.25) is 24.2 Å². The van der Waals surface area contributed by atoms with Crippen LogP contribution in [0.1, 0.15) is 37.0 Å². The van der Waals surface area contributed by atoms with Crippen molar-refractivity contribution in [3.63, 3.8) is 0 Å². The molecule has 1 saturated carbocycles. The summed E-state index contributed by atoms with van der Waals surface area (Å²) >= 11 is 0. The van der Waals surface area contributed by atoms with Crippen molar-refractivity contribution in [2.45, 2.75) is 38.6 Å². The number of aromatic nitrogens is 1. The summed E-state index contributed by atoms with van der Waals surface area (Å²) in [5, 5.41) is 6.04. The molecule has 3 aromatic carbocycles. The van der Waals surface area contributed by atoms with Gasteiger partial charge < -0.3 is 29.6 Å². The molecule has 1 aliphatic carbocycles. The van der Waals surface area contributed by atoms with Crippen molar-refractivity contribution < 1.29 is 42.6 Å². The Morgan fingerprint density at radius 2 is 1.60 bits per heavy atom. The molecular weight excluding hydrogens is 611 g/mol. The number of nitrogens with one attached hydrogen (secondary N) is 3. The minimum absolute atomic E-state index is 0.0988. The first-order valence-electron chi connectivity index (χ1n) is 14.9. The summed E-state index contributed by atoms with van der Waals surface area (Å²) in [6.07, 6.45) is 2.06. The van der Waals surface area contributed by atoms with Gasteiger partial charge in [-0.15, -0.1) is 0 Å². The van der Waals surface area contributed by atoms with Crippen LogP contribution in [-0.2, 0) is 23.9 Å². The van der Waals surface area contributed by atoms with E-state index >= 15 is 0 Å². The Morgan fingerprint density at radius 1 is 0.936 bits per heavy atom. The van der Waals surface area contributed by atoms with Crippen molar-refractivity contribution in [3.05, 3.63) is 84.3 Å². The Morgan fingerprint density at radius 3 is 2.19 bits per heavy atom. The van der Waals surface area contributed by atoms with Crippen molar-refractivity contribution in [2.24, 2.45) is 5.41 Å². The first-order chi connectivity index (χ1) is 22.5. The Labute approximate surface area is 269 Å². The van der Waals surface area contributed by atoms with Crippen molar-refractivity contribution in [1.29, 1.82) is 0 Å². The highest BCUT2D eigenvalue weighted by atomic mass is 19.1. The zero-order valence-corrected chi connectivity index (χ0v) is 25.9. The highest BCUT2D eigenvalue weighted by molar-refractivity contribution is 6.17. The summed E-state index contributed by atoms with van der Waals surface area (Å²) < 4.78 is 36.0. The molecule has 13 heteroatoms. The van der Waals surface area contributed by atoms with Crippen molar-refractivity contribution in [1.82, 2.24) is 10.5 Å². The quantitative estimate of drug-likeness (QED) is 0.145. The number of fused-ring (bicyclic) bond motifs is 1. The average molecular weight is 645 g/mol. The van der Waals surface area contributed by atoms with Crippen LogP contribution in [-0.4, -0.2) is 54.9 Å². The predicted molar refractivity (Wildman–Crippen MR) is 168 cm³/mol. The standard InChI is InChI=1S/C34H33FN4O8/c1-33(2)44-18-24(47-33)19-45-39-30(40)26-16-25-27(17-29(26)43-3)36-15-12-28(25)46-23-10-8-22(9-11-23)38-32(42)34(13-14-34)31(41)37-21-6-4-20(35)5-7-21/h4-12,15-17,24H,13-14,18-19H2,1-3H3,(H,37,41)(H,38,42)(H,39,40). The first kappa shape index (κ1) is 31.9. The fourth-order valence-electron chi connectivity index (χ4n) is 5.13. The molecule has 4 aromatic rings. The lowest BCUT2D eigenvalue weighted by Crippen LogP contribution is -2.35. The molecule has 12 nitrogen and oxygen atoms in total. The van der Waals surface area contributed by atoms with Crippen LogP contribution >= 0.6 is 0 Å². The summed E-state index contributed by atoms with van der Waals surface area (Å²) in [4.78, 5) is 48.8. The number of ether oxygens (including phenoxy) is 4. The number of anilines is 2. The van der Waals surface area contributed by atoms with Crippen LogP contribution in [0.4, 0.5) is 15.8 Å². The SMILES string of the molecule is COc1cc2nccc(Oc3ccc(NC(=O)C4(C(=O)Nc5ccc(F)cc5)CC4)cc3)c2cc1C(=O)NOCC1COC(C)(C)O1. The monoisotopic (exact) mass is 644 g/mol. The summed E-state index contributed by atoms with van der Waals surface area (Å²) in [5.74, 6) is -1.35. The van der Waals surface area contributed by atoms with Crippen LogP contribution < -0.4 is 25.6 Å². The highest BCUT2D eigenvalue weighted by Gasteiger charge is 2.56. The molecule has 244 valence electrons. The molecule has 1 aromatic heterocycles. The fourth-order valence-corrected chi connectivity index (χ4v) is 5.13. The van der Waals surface area contributed by atoms with E-state index in [4.69, 9.17) is 23.8 Å². The molecule has 0 spiro atoms. The van der Waals surface area contributed by atoms with Crippen LogP contribution in [0.3, 0.4) is 0 Å². The van der Waals surface area contributed by atoms with Gasteiger partial charge in [-0.05, 0) is 87.4 Å². The van der Waals surface area contributed by atoms with E-state index in [2.05, 4.69) is 21.1 Å². The van der Waals surface area contributed by atoms with Gasteiger partial charge in [-0.2, -0.15) is 0 Å². The summed E-state index contributed by atoms with van der Waals surface area (Å²) in [6, 6.07) is 16.9. The van der Waals surface area contributed by atoms with Crippen LogP contribution in [0.5, 0.6) is 17.2 Å². The number of carbonyl (C=O) groups is 3. The van der Waals surface area contributed by atoms with Gasteiger partial charge in [-0.25, -0.2) is 9.87 Å². The Hall–Kier alpha value is -5.11. The molecule has 1 unspecified atom stereocenters. The lowest BCUT2D eigenvalue weighted by atomic mass is 10.0. The van der Waals surface area contributed by atoms with Crippen LogP contribution in [0.15, 0.2) is 72.9 Å². The third kappa shape index (κ3) is 7.17. The molecule has 3 N–H and O–H groups in total. The maximum Gasteiger partial charge on any atom is 0.278 e. The Kier molecular flexibility index (Phi) is 8.78. The summed E-state index contributed by atoms with van der Waals surface area (Å²) in [5.41, 5.74) is 2.87. The van der Waals surface area contributed by atoms with Crippen molar-refractivity contribution >= 4 is 40.0 Å². The Bertz CT molecular complexity index is 1810. The van der Waals surface area contributed by atoms with Gasteiger partial charge in [-0.1, -0.05) is 0 Å². The number of hydroxylamine groups is 1. The maximum absolute atomic E-state index is 13.2. The topological polar surface area (TPSA) is 146 Å². The number of methoxy groups -OCH3 is 1. The van der Waals surface area contributed by atoms with Crippen molar-refractivity contribution in [2.75, 3.05) is 31.0 Å².